The van der Waals surface area contributed by atoms with Crippen molar-refractivity contribution in [3.63, 3.8) is 0 Å². The molecule has 2 aromatic rings. The Labute approximate surface area is 89.7 Å². The number of nitriles is 1. The van der Waals surface area contributed by atoms with Gasteiger partial charge in [-0.2, -0.15) is 5.26 Å². The molecule has 1 aromatic carbocycles. The van der Waals surface area contributed by atoms with E-state index in [9.17, 15) is 4.39 Å². The lowest BCUT2D eigenvalue weighted by Crippen LogP contribution is -1.81. The van der Waals surface area contributed by atoms with Crippen LogP contribution in [0, 0.1) is 17.1 Å². The van der Waals surface area contributed by atoms with Crippen LogP contribution in [0.1, 0.15) is 5.69 Å². The Kier molecular flexibility index (Phi) is 2.40. The summed E-state index contributed by atoms with van der Waals surface area (Å²) in [5.74, 6) is -0.286. The van der Waals surface area contributed by atoms with Gasteiger partial charge in [0.15, 0.2) is 11.5 Å². The Hall–Kier alpha value is -1.86. The number of nitrogens with zero attached hydrogens (tertiary/aromatic N) is 2. The number of benzene rings is 1. The molecule has 0 radical (unpaired) electrons. The van der Waals surface area contributed by atoms with E-state index >= 15 is 0 Å². The third-order valence-electron chi connectivity index (χ3n) is 1.82. The van der Waals surface area contributed by atoms with Crippen LogP contribution in [0.25, 0.3) is 11.3 Å². The summed E-state index contributed by atoms with van der Waals surface area (Å²) in [7, 11) is 0. The largest absolute Gasteiger partial charge is 0.355 e. The highest BCUT2D eigenvalue weighted by atomic mass is 35.5. The molecule has 0 spiro atoms. The highest BCUT2D eigenvalue weighted by Gasteiger charge is 2.11. The highest BCUT2D eigenvalue weighted by molar-refractivity contribution is 6.30. The molecule has 0 fully saturated rings. The summed E-state index contributed by atoms with van der Waals surface area (Å²) < 4.78 is 18.1. The van der Waals surface area contributed by atoms with Crippen LogP contribution in [-0.2, 0) is 0 Å². The molecule has 0 saturated carbocycles. The predicted octanol–water partition coefficient (Wildman–Crippen LogP) is 3.01. The van der Waals surface area contributed by atoms with Crippen LogP contribution in [0.3, 0.4) is 0 Å². The normalized spacial score (nSPS) is 9.93. The van der Waals surface area contributed by atoms with E-state index < -0.39 is 5.82 Å². The Bertz CT molecular complexity index is 545. The third-order valence-corrected chi connectivity index (χ3v) is 2.05. The monoisotopic (exact) mass is 222 g/mol. The maximum Gasteiger partial charge on any atom is 0.184 e. The van der Waals surface area contributed by atoms with Gasteiger partial charge in [0.25, 0.3) is 0 Å². The molecule has 5 heteroatoms. The van der Waals surface area contributed by atoms with Gasteiger partial charge < -0.3 is 4.52 Å². The SMILES string of the molecule is N#Cc1cc(-c2cc(Cl)ccc2F)on1. The summed E-state index contributed by atoms with van der Waals surface area (Å²) in [6, 6.07) is 7.22. The molecule has 0 unspecified atom stereocenters. The van der Waals surface area contributed by atoms with Crippen LogP contribution in [0.2, 0.25) is 5.02 Å². The number of aromatic nitrogens is 1. The van der Waals surface area contributed by atoms with E-state index in [0.717, 1.165) is 0 Å². The van der Waals surface area contributed by atoms with Crippen molar-refractivity contribution >= 4 is 11.6 Å². The lowest BCUT2D eigenvalue weighted by atomic mass is 10.1. The van der Waals surface area contributed by atoms with Gasteiger partial charge in [0.2, 0.25) is 0 Å². The molecular weight excluding hydrogens is 219 g/mol. The van der Waals surface area contributed by atoms with E-state index in [-0.39, 0.29) is 17.0 Å². The van der Waals surface area contributed by atoms with E-state index in [1.54, 1.807) is 6.07 Å². The summed E-state index contributed by atoms with van der Waals surface area (Å²) in [4.78, 5) is 0. The fourth-order valence-electron chi connectivity index (χ4n) is 1.14. The summed E-state index contributed by atoms with van der Waals surface area (Å²) in [5.41, 5.74) is 0.292. The van der Waals surface area contributed by atoms with Gasteiger partial charge in [0.05, 0.1) is 5.56 Å². The molecule has 0 N–H and O–H groups in total. The van der Waals surface area contributed by atoms with Crippen molar-refractivity contribution in [1.29, 1.82) is 5.26 Å². The average Bonchev–Trinajstić information content (AvgIpc) is 2.70. The molecule has 3 nitrogen and oxygen atoms in total. The molecule has 0 aliphatic carbocycles. The smallest absolute Gasteiger partial charge is 0.184 e. The van der Waals surface area contributed by atoms with Crippen molar-refractivity contribution in [2.45, 2.75) is 0 Å². The molecule has 15 heavy (non-hydrogen) atoms. The summed E-state index contributed by atoms with van der Waals surface area (Å²) >= 11 is 5.71. The van der Waals surface area contributed by atoms with Crippen LogP contribution in [0.5, 0.6) is 0 Å². The van der Waals surface area contributed by atoms with E-state index in [1.165, 1.54) is 24.3 Å². The number of hydrogen-bond acceptors (Lipinski definition) is 3. The van der Waals surface area contributed by atoms with Crippen molar-refractivity contribution in [3.8, 4) is 17.4 Å². The molecule has 0 saturated heterocycles. The molecule has 1 heterocycles. The fraction of sp³-hybridized carbons (Fsp3) is 0. The number of halogens is 2. The Balaban J connectivity index is 2.54. The molecule has 0 aliphatic heterocycles. The van der Waals surface area contributed by atoms with Gasteiger partial charge in [-0.05, 0) is 18.2 Å². The van der Waals surface area contributed by atoms with Crippen molar-refractivity contribution in [2.75, 3.05) is 0 Å². The third kappa shape index (κ3) is 1.83. The number of rotatable bonds is 1. The highest BCUT2D eigenvalue weighted by Crippen LogP contribution is 2.26. The molecular formula is C10H4ClFN2O. The van der Waals surface area contributed by atoms with Crippen LogP contribution in [0.15, 0.2) is 28.8 Å². The second-order valence-corrected chi connectivity index (χ2v) is 3.25. The van der Waals surface area contributed by atoms with Gasteiger partial charge >= 0.3 is 0 Å². The Morgan fingerprint density at radius 3 is 2.87 bits per heavy atom. The standard InChI is InChI=1S/C10H4ClFN2O/c11-6-1-2-9(12)8(3-6)10-4-7(5-13)14-15-10/h1-4H. The maximum absolute atomic E-state index is 13.3. The molecule has 0 atom stereocenters. The molecule has 0 aliphatic rings. The summed E-state index contributed by atoms with van der Waals surface area (Å²) in [6.07, 6.45) is 0. The fourth-order valence-corrected chi connectivity index (χ4v) is 1.31. The topological polar surface area (TPSA) is 49.8 Å². The lowest BCUT2D eigenvalue weighted by Gasteiger charge is -1.97. The second kappa shape index (κ2) is 3.71. The Morgan fingerprint density at radius 1 is 1.40 bits per heavy atom. The van der Waals surface area contributed by atoms with Gasteiger partial charge in [0, 0.05) is 11.1 Å². The van der Waals surface area contributed by atoms with Crippen LogP contribution in [-0.4, -0.2) is 5.16 Å². The first kappa shape index (κ1) is 9.69. The Morgan fingerprint density at radius 2 is 2.20 bits per heavy atom. The average molecular weight is 223 g/mol. The zero-order valence-electron chi connectivity index (χ0n) is 7.37. The zero-order chi connectivity index (χ0) is 10.8. The molecule has 0 amide bonds. The molecule has 1 aromatic heterocycles. The van der Waals surface area contributed by atoms with E-state index in [0.29, 0.717) is 5.02 Å². The van der Waals surface area contributed by atoms with Gasteiger partial charge in [-0.15, -0.1) is 0 Å². The van der Waals surface area contributed by atoms with E-state index in [1.807, 2.05) is 0 Å². The van der Waals surface area contributed by atoms with Crippen LogP contribution < -0.4 is 0 Å². The summed E-state index contributed by atoms with van der Waals surface area (Å²) in [5, 5.41) is 12.4. The van der Waals surface area contributed by atoms with Crippen molar-refractivity contribution < 1.29 is 8.91 Å². The lowest BCUT2D eigenvalue weighted by molar-refractivity contribution is 0.427. The van der Waals surface area contributed by atoms with Crippen molar-refractivity contribution in [3.05, 3.63) is 40.8 Å². The van der Waals surface area contributed by atoms with E-state index in [4.69, 9.17) is 21.4 Å². The minimum Gasteiger partial charge on any atom is -0.355 e. The number of hydrogen-bond donors (Lipinski definition) is 0. The van der Waals surface area contributed by atoms with Crippen molar-refractivity contribution in [2.24, 2.45) is 0 Å². The van der Waals surface area contributed by atoms with Crippen molar-refractivity contribution in [1.82, 2.24) is 5.16 Å². The second-order valence-electron chi connectivity index (χ2n) is 2.81. The van der Waals surface area contributed by atoms with Crippen LogP contribution >= 0.6 is 11.6 Å². The first-order valence-electron chi connectivity index (χ1n) is 4.03. The minimum absolute atomic E-state index is 0.101. The first-order chi connectivity index (χ1) is 7.20. The predicted molar refractivity (Wildman–Crippen MR) is 51.6 cm³/mol. The van der Waals surface area contributed by atoms with E-state index in [2.05, 4.69) is 5.16 Å². The van der Waals surface area contributed by atoms with Gasteiger partial charge in [-0.3, -0.25) is 0 Å². The molecule has 2 rings (SSSR count). The maximum atomic E-state index is 13.3. The van der Waals surface area contributed by atoms with Gasteiger partial charge in [0.1, 0.15) is 11.9 Å². The first-order valence-corrected chi connectivity index (χ1v) is 4.41. The quantitative estimate of drug-likeness (QED) is 0.745. The van der Waals surface area contributed by atoms with Gasteiger partial charge in [-0.1, -0.05) is 16.8 Å². The molecule has 74 valence electrons. The minimum atomic E-state index is -0.472. The zero-order valence-corrected chi connectivity index (χ0v) is 8.12. The molecule has 0 bridgehead atoms. The summed E-state index contributed by atoms with van der Waals surface area (Å²) in [6.45, 7) is 0. The van der Waals surface area contributed by atoms with Gasteiger partial charge in [-0.25, -0.2) is 4.39 Å². The van der Waals surface area contributed by atoms with Crippen LogP contribution in [0.4, 0.5) is 4.39 Å².